The van der Waals surface area contributed by atoms with Gasteiger partial charge in [-0.2, -0.15) is 0 Å². The number of fused-ring (bicyclic) bond motifs is 1. The molecule has 0 bridgehead atoms. The molecule has 22 heavy (non-hydrogen) atoms. The van der Waals surface area contributed by atoms with Crippen LogP contribution in [0.15, 0.2) is 24.4 Å². The highest BCUT2D eigenvalue weighted by Crippen LogP contribution is 2.31. The number of pyridine rings is 1. The Morgan fingerprint density at radius 2 is 1.95 bits per heavy atom. The largest absolute Gasteiger partial charge is 0.366 e. The quantitative estimate of drug-likeness (QED) is 0.924. The summed E-state index contributed by atoms with van der Waals surface area (Å²) in [6.07, 6.45) is 1.68. The molecule has 1 aliphatic heterocycles. The highest BCUT2D eigenvalue weighted by Gasteiger charge is 2.24. The van der Waals surface area contributed by atoms with Crippen molar-refractivity contribution in [1.29, 1.82) is 0 Å². The Balaban J connectivity index is 1.95. The van der Waals surface area contributed by atoms with Crippen LogP contribution in [0.4, 0.5) is 14.6 Å². The molecule has 2 heterocycles. The molecule has 1 amide bonds. The Bertz CT molecular complexity index is 767. The van der Waals surface area contributed by atoms with Crippen LogP contribution in [0.3, 0.4) is 0 Å². The van der Waals surface area contributed by atoms with Crippen LogP contribution >= 0.6 is 11.6 Å². The molecule has 0 radical (unpaired) electrons. The molecule has 2 N–H and O–H groups in total. The second-order valence-corrected chi connectivity index (χ2v) is 5.46. The first kappa shape index (κ1) is 14.7. The zero-order valence-corrected chi connectivity index (χ0v) is 12.2. The number of nitrogens with two attached hydrogens (primary N) is 1. The number of aromatic nitrogens is 1. The smallest absolute Gasteiger partial charge is 0.250 e. The van der Waals surface area contributed by atoms with Crippen LogP contribution < -0.4 is 10.6 Å². The Hall–Kier alpha value is -2.21. The van der Waals surface area contributed by atoms with E-state index >= 15 is 0 Å². The monoisotopic (exact) mass is 323 g/mol. The summed E-state index contributed by atoms with van der Waals surface area (Å²) >= 11 is 6.13. The number of benzene rings is 1. The summed E-state index contributed by atoms with van der Waals surface area (Å²) in [4.78, 5) is 17.0. The van der Waals surface area contributed by atoms with Gasteiger partial charge in [-0.05, 0) is 30.2 Å². The van der Waals surface area contributed by atoms with Gasteiger partial charge in [0.25, 0.3) is 0 Å². The first-order valence-electron chi connectivity index (χ1n) is 6.63. The topological polar surface area (TPSA) is 59.2 Å². The Morgan fingerprint density at radius 1 is 1.27 bits per heavy atom. The average Bonchev–Trinajstić information content (AvgIpc) is 2.50. The Labute approximate surface area is 130 Å². The second kappa shape index (κ2) is 5.53. The molecule has 114 valence electrons. The third-order valence-corrected chi connectivity index (χ3v) is 3.98. The van der Waals surface area contributed by atoms with Gasteiger partial charge in [0.1, 0.15) is 17.5 Å². The van der Waals surface area contributed by atoms with E-state index in [4.69, 9.17) is 17.3 Å². The van der Waals surface area contributed by atoms with E-state index in [0.717, 1.165) is 12.1 Å². The minimum Gasteiger partial charge on any atom is -0.366 e. The van der Waals surface area contributed by atoms with Gasteiger partial charge in [0.05, 0.1) is 10.6 Å². The maximum Gasteiger partial charge on any atom is 0.250 e. The highest BCUT2D eigenvalue weighted by molar-refractivity contribution is 6.33. The maximum absolute atomic E-state index is 13.9. The Morgan fingerprint density at radius 3 is 2.59 bits per heavy atom. The number of nitrogens with zero attached hydrogens (tertiary/aromatic N) is 2. The molecule has 0 spiro atoms. The van der Waals surface area contributed by atoms with E-state index in [2.05, 4.69) is 4.98 Å². The van der Waals surface area contributed by atoms with Gasteiger partial charge in [-0.15, -0.1) is 0 Å². The first-order chi connectivity index (χ1) is 10.5. The lowest BCUT2D eigenvalue weighted by atomic mass is 9.98. The van der Waals surface area contributed by atoms with E-state index < -0.39 is 17.5 Å². The van der Waals surface area contributed by atoms with Crippen LogP contribution in [-0.4, -0.2) is 17.4 Å². The fourth-order valence-corrected chi connectivity index (χ4v) is 2.86. The predicted octanol–water partition coefficient (Wildman–Crippen LogP) is 2.67. The standard InChI is InChI=1S/C15H12ClF2N3O/c16-11-5-8(14(19)22)6-20-15(11)21-4-3-9-10(7-21)13(18)2-1-12(9)17/h1-2,5-6H,3-4,7H2,(H2,19,22). The van der Waals surface area contributed by atoms with Crippen molar-refractivity contribution in [3.05, 3.63) is 57.7 Å². The molecular weight excluding hydrogens is 312 g/mol. The van der Waals surface area contributed by atoms with Crippen LogP contribution in [-0.2, 0) is 13.0 Å². The van der Waals surface area contributed by atoms with Crippen molar-refractivity contribution in [3.8, 4) is 0 Å². The number of anilines is 1. The molecule has 0 saturated heterocycles. The van der Waals surface area contributed by atoms with Gasteiger partial charge in [-0.25, -0.2) is 13.8 Å². The van der Waals surface area contributed by atoms with Gasteiger partial charge < -0.3 is 10.6 Å². The molecule has 0 unspecified atom stereocenters. The van der Waals surface area contributed by atoms with Gasteiger partial charge >= 0.3 is 0 Å². The molecule has 0 saturated carbocycles. The fraction of sp³-hybridized carbons (Fsp3) is 0.200. The Kier molecular flexibility index (Phi) is 3.70. The molecule has 3 rings (SSSR count). The summed E-state index contributed by atoms with van der Waals surface area (Å²) in [6, 6.07) is 3.67. The van der Waals surface area contributed by atoms with Crippen LogP contribution in [0.2, 0.25) is 5.02 Å². The highest BCUT2D eigenvalue weighted by atomic mass is 35.5. The predicted molar refractivity (Wildman–Crippen MR) is 78.9 cm³/mol. The lowest BCUT2D eigenvalue weighted by molar-refractivity contribution is 0.1000. The lowest BCUT2D eigenvalue weighted by Crippen LogP contribution is -2.32. The van der Waals surface area contributed by atoms with Gasteiger partial charge in [0, 0.05) is 24.8 Å². The number of hydrogen-bond acceptors (Lipinski definition) is 3. The summed E-state index contributed by atoms with van der Waals surface area (Å²) in [5.74, 6) is -1.07. The number of primary amides is 1. The van der Waals surface area contributed by atoms with E-state index in [1.54, 1.807) is 4.90 Å². The summed E-state index contributed by atoms with van der Waals surface area (Å²) in [6.45, 7) is 0.623. The van der Waals surface area contributed by atoms with E-state index in [9.17, 15) is 13.6 Å². The fourth-order valence-electron chi connectivity index (χ4n) is 2.57. The summed E-state index contributed by atoms with van der Waals surface area (Å²) in [5.41, 5.74) is 6.06. The second-order valence-electron chi connectivity index (χ2n) is 5.05. The molecule has 1 aromatic carbocycles. The normalized spacial score (nSPS) is 13.9. The van der Waals surface area contributed by atoms with Crippen molar-refractivity contribution in [2.75, 3.05) is 11.4 Å². The van der Waals surface area contributed by atoms with Crippen molar-refractivity contribution in [2.45, 2.75) is 13.0 Å². The molecule has 0 fully saturated rings. The summed E-state index contributed by atoms with van der Waals surface area (Å²) in [7, 11) is 0. The molecule has 4 nitrogen and oxygen atoms in total. The van der Waals surface area contributed by atoms with Crippen molar-refractivity contribution >= 4 is 23.3 Å². The van der Waals surface area contributed by atoms with Crippen LogP contribution in [0.5, 0.6) is 0 Å². The number of carbonyl (C=O) groups is 1. The van der Waals surface area contributed by atoms with Gasteiger partial charge in [-0.3, -0.25) is 4.79 Å². The van der Waals surface area contributed by atoms with Crippen LogP contribution in [0.25, 0.3) is 0 Å². The van der Waals surface area contributed by atoms with E-state index in [-0.39, 0.29) is 17.1 Å². The van der Waals surface area contributed by atoms with Crippen molar-refractivity contribution < 1.29 is 13.6 Å². The van der Waals surface area contributed by atoms with Gasteiger partial charge in [-0.1, -0.05) is 11.6 Å². The number of halogens is 3. The van der Waals surface area contributed by atoms with E-state index in [1.807, 2.05) is 0 Å². The number of carbonyl (C=O) groups excluding carboxylic acids is 1. The number of rotatable bonds is 2. The van der Waals surface area contributed by atoms with Crippen LogP contribution in [0.1, 0.15) is 21.5 Å². The third kappa shape index (κ3) is 2.50. The zero-order chi connectivity index (χ0) is 15.9. The van der Waals surface area contributed by atoms with Crippen LogP contribution in [0, 0.1) is 11.6 Å². The lowest BCUT2D eigenvalue weighted by Gasteiger charge is -2.30. The third-order valence-electron chi connectivity index (χ3n) is 3.70. The van der Waals surface area contributed by atoms with Gasteiger partial charge in [0.15, 0.2) is 0 Å². The van der Waals surface area contributed by atoms with E-state index in [1.165, 1.54) is 12.3 Å². The average molecular weight is 324 g/mol. The summed E-state index contributed by atoms with van der Waals surface area (Å²) in [5, 5.41) is 0.247. The molecular formula is C15H12ClF2N3O. The van der Waals surface area contributed by atoms with Gasteiger partial charge in [0.2, 0.25) is 5.91 Å². The van der Waals surface area contributed by atoms with Crippen molar-refractivity contribution in [2.24, 2.45) is 5.73 Å². The summed E-state index contributed by atoms with van der Waals surface area (Å²) < 4.78 is 27.6. The molecule has 0 atom stereocenters. The molecule has 7 heteroatoms. The van der Waals surface area contributed by atoms with E-state index in [0.29, 0.717) is 29.9 Å². The number of hydrogen-bond donors (Lipinski definition) is 1. The molecule has 2 aromatic rings. The van der Waals surface area contributed by atoms with Crippen molar-refractivity contribution in [1.82, 2.24) is 4.98 Å². The molecule has 1 aromatic heterocycles. The molecule has 0 aliphatic carbocycles. The van der Waals surface area contributed by atoms with Crippen molar-refractivity contribution in [3.63, 3.8) is 0 Å². The zero-order valence-electron chi connectivity index (χ0n) is 11.4. The minimum atomic E-state index is -0.627. The number of amides is 1. The first-order valence-corrected chi connectivity index (χ1v) is 7.01. The molecule has 1 aliphatic rings. The SMILES string of the molecule is NC(=O)c1cnc(N2CCc3c(F)ccc(F)c3C2)c(Cl)c1. The minimum absolute atomic E-state index is 0.168. The maximum atomic E-state index is 13.9.